The fraction of sp³-hybridized carbons (Fsp3) is 0.438. The maximum atomic E-state index is 13.1. The van der Waals surface area contributed by atoms with Gasteiger partial charge in [0.15, 0.2) is 17.0 Å². The normalized spacial score (nSPS) is 14.7. The van der Waals surface area contributed by atoms with E-state index in [0.29, 0.717) is 29.8 Å². The second kappa shape index (κ2) is 7.30. The molecule has 0 aromatic carbocycles. The fourth-order valence-corrected chi connectivity index (χ4v) is 2.53. The largest absolute Gasteiger partial charge is 0.350 e. The van der Waals surface area contributed by atoms with Crippen molar-refractivity contribution in [2.75, 3.05) is 6.54 Å². The Hall–Kier alpha value is -3.03. The molecular formula is C16H14F4N6O. The SMILES string of the molecule is C#CCCC1(CCNC(=O)c2cc3nc(C(F)F)cc(C(F)F)n3n2)N=N1. The Kier molecular flexibility index (Phi) is 5.07. The molecule has 3 rings (SSSR count). The van der Waals surface area contributed by atoms with Gasteiger partial charge in [0.1, 0.15) is 11.4 Å². The molecule has 0 fully saturated rings. The average Bonchev–Trinajstić information content (AvgIpc) is 3.25. The van der Waals surface area contributed by atoms with Gasteiger partial charge in [0.05, 0.1) is 0 Å². The maximum absolute atomic E-state index is 13.1. The Morgan fingerprint density at radius 2 is 1.96 bits per heavy atom. The summed E-state index contributed by atoms with van der Waals surface area (Å²) in [6.45, 7) is 0.210. The number of nitrogens with zero attached hydrogens (tertiary/aromatic N) is 5. The van der Waals surface area contributed by atoms with Crippen molar-refractivity contribution in [3.8, 4) is 12.3 Å². The molecule has 2 aromatic rings. The number of hydrogen-bond acceptors (Lipinski definition) is 5. The highest BCUT2D eigenvalue weighted by Gasteiger charge is 2.38. The zero-order valence-corrected chi connectivity index (χ0v) is 13.9. The number of rotatable bonds is 8. The number of alkyl halides is 4. The minimum Gasteiger partial charge on any atom is -0.350 e. The van der Waals surface area contributed by atoms with E-state index >= 15 is 0 Å². The smallest absolute Gasteiger partial charge is 0.280 e. The van der Waals surface area contributed by atoms with Crippen molar-refractivity contribution in [1.82, 2.24) is 19.9 Å². The molecule has 0 aliphatic carbocycles. The van der Waals surface area contributed by atoms with Gasteiger partial charge in [0.25, 0.3) is 18.8 Å². The van der Waals surface area contributed by atoms with E-state index in [1.807, 2.05) is 0 Å². The summed E-state index contributed by atoms with van der Waals surface area (Å²) in [4.78, 5) is 15.8. The number of nitrogens with one attached hydrogen (secondary N) is 1. The molecule has 0 saturated heterocycles. The Morgan fingerprint density at radius 3 is 2.56 bits per heavy atom. The number of hydrogen-bond donors (Lipinski definition) is 1. The highest BCUT2D eigenvalue weighted by atomic mass is 19.3. The van der Waals surface area contributed by atoms with Gasteiger partial charge in [0.2, 0.25) is 0 Å². The highest BCUT2D eigenvalue weighted by molar-refractivity contribution is 5.93. The van der Waals surface area contributed by atoms with Crippen LogP contribution in [-0.4, -0.2) is 32.7 Å². The van der Waals surface area contributed by atoms with Gasteiger partial charge < -0.3 is 5.32 Å². The molecule has 1 aliphatic rings. The first-order valence-corrected chi connectivity index (χ1v) is 7.98. The first-order chi connectivity index (χ1) is 12.8. The van der Waals surface area contributed by atoms with Crippen LogP contribution in [0.25, 0.3) is 5.65 Å². The first kappa shape index (κ1) is 18.8. The van der Waals surface area contributed by atoms with E-state index in [1.165, 1.54) is 0 Å². The monoisotopic (exact) mass is 382 g/mol. The summed E-state index contributed by atoms with van der Waals surface area (Å²) in [7, 11) is 0. The molecule has 0 radical (unpaired) electrons. The quantitative estimate of drug-likeness (QED) is 0.562. The van der Waals surface area contributed by atoms with Crippen molar-refractivity contribution in [3.63, 3.8) is 0 Å². The summed E-state index contributed by atoms with van der Waals surface area (Å²) in [6.07, 6.45) is 0.627. The molecule has 0 spiro atoms. The Bertz CT molecular complexity index is 927. The lowest BCUT2D eigenvalue weighted by Crippen LogP contribution is -2.28. The summed E-state index contributed by atoms with van der Waals surface area (Å²) in [5, 5.41) is 14.2. The Morgan fingerprint density at radius 1 is 1.22 bits per heavy atom. The number of halogens is 4. The van der Waals surface area contributed by atoms with E-state index in [2.05, 4.69) is 31.5 Å². The molecular weight excluding hydrogens is 368 g/mol. The minimum absolute atomic E-state index is 0.210. The predicted octanol–water partition coefficient (Wildman–Crippen LogP) is 3.30. The second-order valence-corrected chi connectivity index (χ2v) is 5.90. The lowest BCUT2D eigenvalue weighted by molar-refractivity contribution is 0.0945. The number of carbonyl (C=O) groups excluding carboxylic acids is 1. The van der Waals surface area contributed by atoms with Crippen molar-refractivity contribution < 1.29 is 22.4 Å². The molecule has 3 heterocycles. The maximum Gasteiger partial charge on any atom is 0.280 e. The first-order valence-electron chi connectivity index (χ1n) is 7.98. The topological polar surface area (TPSA) is 84.0 Å². The molecule has 7 nitrogen and oxygen atoms in total. The molecule has 0 unspecified atom stereocenters. The van der Waals surface area contributed by atoms with E-state index in [1.54, 1.807) is 0 Å². The van der Waals surface area contributed by atoms with Gasteiger partial charge in [-0.25, -0.2) is 27.1 Å². The molecule has 0 saturated carbocycles. The molecule has 142 valence electrons. The molecule has 1 N–H and O–H groups in total. The molecule has 11 heteroatoms. The van der Waals surface area contributed by atoms with Crippen molar-refractivity contribution >= 4 is 11.6 Å². The van der Waals surface area contributed by atoms with E-state index in [0.717, 1.165) is 6.07 Å². The second-order valence-electron chi connectivity index (χ2n) is 5.90. The van der Waals surface area contributed by atoms with E-state index in [4.69, 9.17) is 6.42 Å². The molecule has 2 aromatic heterocycles. The van der Waals surface area contributed by atoms with Gasteiger partial charge in [-0.1, -0.05) is 0 Å². The van der Waals surface area contributed by atoms with Crippen LogP contribution >= 0.6 is 0 Å². The summed E-state index contributed by atoms with van der Waals surface area (Å²) in [5.74, 6) is 1.84. The number of terminal acetylenes is 1. The predicted molar refractivity (Wildman–Crippen MR) is 85.5 cm³/mol. The number of aromatic nitrogens is 3. The van der Waals surface area contributed by atoms with Crippen LogP contribution in [0.1, 0.15) is 54.0 Å². The third-order valence-corrected chi connectivity index (χ3v) is 4.02. The van der Waals surface area contributed by atoms with Crippen LogP contribution in [0.5, 0.6) is 0 Å². The standard InChI is InChI=1S/C16H14F4N6O/c1-2-3-4-16(24-25-16)5-6-21-15(27)10-8-12-22-9(13(17)18)7-11(14(19)20)26(12)23-10/h1,7-8,13-14H,3-6H2,(H,21,27). The summed E-state index contributed by atoms with van der Waals surface area (Å²) >= 11 is 0. The van der Waals surface area contributed by atoms with E-state index in [9.17, 15) is 22.4 Å². The lowest BCUT2D eigenvalue weighted by Gasteiger charge is -2.09. The van der Waals surface area contributed by atoms with Gasteiger partial charge >= 0.3 is 0 Å². The molecule has 1 amide bonds. The van der Waals surface area contributed by atoms with Gasteiger partial charge in [0, 0.05) is 31.9 Å². The number of amides is 1. The van der Waals surface area contributed by atoms with Gasteiger partial charge in [-0.15, -0.1) is 12.3 Å². The molecule has 0 bridgehead atoms. The molecule has 0 atom stereocenters. The van der Waals surface area contributed by atoms with Crippen LogP contribution in [0.4, 0.5) is 17.6 Å². The van der Waals surface area contributed by atoms with Crippen LogP contribution in [0, 0.1) is 12.3 Å². The fourth-order valence-electron chi connectivity index (χ4n) is 2.53. The molecule has 27 heavy (non-hydrogen) atoms. The zero-order chi connectivity index (χ0) is 19.6. The lowest BCUT2D eigenvalue weighted by atomic mass is 10.0. The van der Waals surface area contributed by atoms with E-state index < -0.39 is 35.8 Å². The van der Waals surface area contributed by atoms with Crippen LogP contribution in [0.3, 0.4) is 0 Å². The van der Waals surface area contributed by atoms with Crippen molar-refractivity contribution in [2.24, 2.45) is 10.2 Å². The highest BCUT2D eigenvalue weighted by Crippen LogP contribution is 2.36. The van der Waals surface area contributed by atoms with Crippen LogP contribution in [-0.2, 0) is 0 Å². The van der Waals surface area contributed by atoms with Gasteiger partial charge in [-0.05, 0) is 6.07 Å². The zero-order valence-electron chi connectivity index (χ0n) is 13.9. The third-order valence-electron chi connectivity index (χ3n) is 4.02. The van der Waals surface area contributed by atoms with Crippen LogP contribution in [0.2, 0.25) is 0 Å². The van der Waals surface area contributed by atoms with Gasteiger partial charge in [-0.2, -0.15) is 15.3 Å². The van der Waals surface area contributed by atoms with Crippen LogP contribution in [0.15, 0.2) is 22.4 Å². The van der Waals surface area contributed by atoms with Gasteiger partial charge in [-0.3, -0.25) is 4.79 Å². The number of fused-ring (bicyclic) bond motifs is 1. The average molecular weight is 382 g/mol. The summed E-state index contributed by atoms with van der Waals surface area (Å²) in [5.41, 5.74) is -2.62. The van der Waals surface area contributed by atoms with Crippen molar-refractivity contribution in [1.29, 1.82) is 0 Å². The minimum atomic E-state index is -3.06. The van der Waals surface area contributed by atoms with E-state index in [-0.39, 0.29) is 17.9 Å². The van der Waals surface area contributed by atoms with Crippen molar-refractivity contribution in [3.05, 3.63) is 29.2 Å². The Labute approximate surface area is 150 Å². The summed E-state index contributed by atoms with van der Waals surface area (Å²) < 4.78 is 52.6. The number of carbonyl (C=O) groups is 1. The Balaban J connectivity index is 1.72. The third kappa shape index (κ3) is 4.05. The summed E-state index contributed by atoms with van der Waals surface area (Å²) in [6, 6.07) is 1.65. The molecule has 1 aliphatic heterocycles. The van der Waals surface area contributed by atoms with Crippen molar-refractivity contribution in [2.45, 2.75) is 37.8 Å². The van der Waals surface area contributed by atoms with Crippen LogP contribution < -0.4 is 5.32 Å².